The van der Waals surface area contributed by atoms with E-state index in [0.717, 1.165) is 15.6 Å². The molecule has 0 spiro atoms. The maximum atomic E-state index is 12.6. The van der Waals surface area contributed by atoms with Crippen LogP contribution in [0, 0.1) is 0 Å². The minimum absolute atomic E-state index is 0.299. The number of sulfonamides is 1. The molecule has 6 heteroatoms. The van der Waals surface area contributed by atoms with E-state index in [-0.39, 0.29) is 0 Å². The Labute approximate surface area is 126 Å². The van der Waals surface area contributed by atoms with E-state index in [1.54, 1.807) is 30.3 Å². The zero-order valence-electron chi connectivity index (χ0n) is 10.6. The third kappa shape index (κ3) is 2.34. The molecule has 0 radical (unpaired) electrons. The molecule has 0 saturated heterocycles. The molecule has 4 nitrogen and oxygen atoms in total. The summed E-state index contributed by atoms with van der Waals surface area (Å²) in [7, 11) is -3.48. The lowest BCUT2D eigenvalue weighted by Crippen LogP contribution is -2.25. The van der Waals surface area contributed by atoms with Crippen molar-refractivity contribution in [2.24, 2.45) is 0 Å². The van der Waals surface area contributed by atoms with Crippen LogP contribution < -0.4 is 5.73 Å². The van der Waals surface area contributed by atoms with E-state index in [0.29, 0.717) is 23.7 Å². The van der Waals surface area contributed by atoms with Gasteiger partial charge in [0.2, 0.25) is 10.0 Å². The van der Waals surface area contributed by atoms with Gasteiger partial charge in [-0.3, -0.25) is 0 Å². The fourth-order valence-corrected chi connectivity index (χ4v) is 4.32. The smallest absolute Gasteiger partial charge is 0.243 e. The summed E-state index contributed by atoms with van der Waals surface area (Å²) >= 11 is 3.30. The topological polar surface area (TPSA) is 63.4 Å². The summed E-state index contributed by atoms with van der Waals surface area (Å²) in [6.07, 6.45) is 0. The predicted octanol–water partition coefficient (Wildman–Crippen LogP) is 2.74. The average Bonchev–Trinajstić information content (AvgIpc) is 2.82. The Morgan fingerprint density at radius 3 is 2.55 bits per heavy atom. The van der Waals surface area contributed by atoms with Crippen molar-refractivity contribution in [3.63, 3.8) is 0 Å². The summed E-state index contributed by atoms with van der Waals surface area (Å²) in [5.74, 6) is 0. The Morgan fingerprint density at radius 2 is 1.80 bits per heavy atom. The van der Waals surface area contributed by atoms with Crippen LogP contribution in [0.2, 0.25) is 0 Å². The molecule has 2 N–H and O–H groups in total. The zero-order valence-corrected chi connectivity index (χ0v) is 13.0. The highest BCUT2D eigenvalue weighted by Gasteiger charge is 2.30. The quantitative estimate of drug-likeness (QED) is 0.845. The molecular formula is C14H13BrN2O2S. The van der Waals surface area contributed by atoms with Crippen molar-refractivity contribution >= 4 is 31.6 Å². The molecule has 0 bridgehead atoms. The van der Waals surface area contributed by atoms with E-state index in [4.69, 9.17) is 5.73 Å². The van der Waals surface area contributed by atoms with E-state index < -0.39 is 10.0 Å². The maximum Gasteiger partial charge on any atom is 0.243 e. The van der Waals surface area contributed by atoms with Crippen LogP contribution in [0.25, 0.3) is 0 Å². The molecular weight excluding hydrogens is 340 g/mol. The fourth-order valence-electron chi connectivity index (χ4n) is 2.33. The van der Waals surface area contributed by atoms with E-state index in [2.05, 4.69) is 15.9 Å². The van der Waals surface area contributed by atoms with Gasteiger partial charge in [-0.05, 0) is 41.5 Å². The number of nitrogens with zero attached hydrogens (tertiary/aromatic N) is 1. The lowest BCUT2D eigenvalue weighted by Gasteiger charge is -2.15. The molecule has 1 aliphatic heterocycles. The highest BCUT2D eigenvalue weighted by Crippen LogP contribution is 2.30. The van der Waals surface area contributed by atoms with Gasteiger partial charge >= 0.3 is 0 Å². The zero-order chi connectivity index (χ0) is 14.3. The minimum atomic E-state index is -3.48. The van der Waals surface area contributed by atoms with Crippen molar-refractivity contribution in [1.82, 2.24) is 4.31 Å². The van der Waals surface area contributed by atoms with Crippen LogP contribution in [-0.2, 0) is 23.1 Å². The summed E-state index contributed by atoms with van der Waals surface area (Å²) in [6, 6.07) is 12.3. The molecule has 1 heterocycles. The van der Waals surface area contributed by atoms with Gasteiger partial charge in [-0.25, -0.2) is 8.42 Å². The molecule has 3 rings (SSSR count). The van der Waals surface area contributed by atoms with Crippen molar-refractivity contribution in [2.45, 2.75) is 18.0 Å². The second-order valence-electron chi connectivity index (χ2n) is 4.76. The lowest BCUT2D eigenvalue weighted by molar-refractivity contribution is 0.431. The standard InChI is InChI=1S/C14H13BrN2O2S/c15-12-2-1-3-14(7-12)20(18,19)17-8-10-4-5-13(16)6-11(10)9-17/h1-7H,8-9,16H2. The van der Waals surface area contributed by atoms with E-state index in [1.807, 2.05) is 12.1 Å². The Bertz CT molecular complexity index is 774. The minimum Gasteiger partial charge on any atom is -0.399 e. The van der Waals surface area contributed by atoms with Crippen LogP contribution in [0.15, 0.2) is 51.8 Å². The Balaban J connectivity index is 1.95. The first-order valence-corrected chi connectivity index (χ1v) is 8.33. The number of nitrogen functional groups attached to an aromatic ring is 1. The normalized spacial score (nSPS) is 15.2. The van der Waals surface area contributed by atoms with Gasteiger partial charge in [0, 0.05) is 23.2 Å². The number of hydrogen-bond donors (Lipinski definition) is 1. The Hall–Kier alpha value is -1.37. The number of hydrogen-bond acceptors (Lipinski definition) is 3. The summed E-state index contributed by atoms with van der Waals surface area (Å²) in [5, 5.41) is 0. The van der Waals surface area contributed by atoms with Gasteiger partial charge in [0.15, 0.2) is 0 Å². The van der Waals surface area contributed by atoms with E-state index in [9.17, 15) is 8.42 Å². The highest BCUT2D eigenvalue weighted by atomic mass is 79.9. The van der Waals surface area contributed by atoms with Gasteiger partial charge in [0.25, 0.3) is 0 Å². The molecule has 1 aliphatic rings. The van der Waals surface area contributed by atoms with Crippen molar-refractivity contribution in [3.05, 3.63) is 58.1 Å². The molecule has 0 saturated carbocycles. The molecule has 0 aliphatic carbocycles. The number of anilines is 1. The second kappa shape index (κ2) is 4.87. The van der Waals surface area contributed by atoms with Gasteiger partial charge in [-0.15, -0.1) is 0 Å². The van der Waals surface area contributed by atoms with Crippen molar-refractivity contribution < 1.29 is 8.42 Å². The van der Waals surface area contributed by atoms with Crippen LogP contribution in [0.5, 0.6) is 0 Å². The average molecular weight is 353 g/mol. The van der Waals surface area contributed by atoms with Gasteiger partial charge < -0.3 is 5.73 Å². The van der Waals surface area contributed by atoms with Gasteiger partial charge in [-0.1, -0.05) is 28.1 Å². The third-order valence-electron chi connectivity index (χ3n) is 3.36. The number of nitrogens with two attached hydrogens (primary N) is 1. The highest BCUT2D eigenvalue weighted by molar-refractivity contribution is 9.10. The van der Waals surface area contributed by atoms with Crippen LogP contribution >= 0.6 is 15.9 Å². The number of fused-ring (bicyclic) bond motifs is 1. The largest absolute Gasteiger partial charge is 0.399 e. The first kappa shape index (κ1) is 13.6. The predicted molar refractivity (Wildman–Crippen MR) is 81.4 cm³/mol. The van der Waals surface area contributed by atoms with Crippen molar-refractivity contribution in [1.29, 1.82) is 0 Å². The Kier molecular flexibility index (Phi) is 3.32. The third-order valence-corrected chi connectivity index (χ3v) is 5.64. The molecule has 0 unspecified atom stereocenters. The van der Waals surface area contributed by atoms with Crippen molar-refractivity contribution in [2.75, 3.05) is 5.73 Å². The molecule has 0 aromatic heterocycles. The summed E-state index contributed by atoms with van der Waals surface area (Å²) in [6.45, 7) is 0.764. The van der Waals surface area contributed by atoms with Gasteiger partial charge in [-0.2, -0.15) is 4.31 Å². The van der Waals surface area contributed by atoms with Crippen molar-refractivity contribution in [3.8, 4) is 0 Å². The first-order valence-electron chi connectivity index (χ1n) is 6.10. The SMILES string of the molecule is Nc1ccc2c(c1)CN(S(=O)(=O)c1cccc(Br)c1)C2. The first-order chi connectivity index (χ1) is 9.46. The summed E-state index contributed by atoms with van der Waals surface area (Å²) < 4.78 is 27.4. The maximum absolute atomic E-state index is 12.6. The van der Waals surface area contributed by atoms with Gasteiger partial charge in [0.1, 0.15) is 0 Å². The molecule has 20 heavy (non-hydrogen) atoms. The Morgan fingerprint density at radius 1 is 1.05 bits per heavy atom. The lowest BCUT2D eigenvalue weighted by atomic mass is 10.1. The fraction of sp³-hybridized carbons (Fsp3) is 0.143. The van der Waals surface area contributed by atoms with Gasteiger partial charge in [0.05, 0.1) is 4.90 Å². The summed E-state index contributed by atoms with van der Waals surface area (Å²) in [5.41, 5.74) is 8.39. The van der Waals surface area contributed by atoms with Crippen LogP contribution in [0.3, 0.4) is 0 Å². The molecule has 0 amide bonds. The monoisotopic (exact) mass is 352 g/mol. The number of rotatable bonds is 2. The molecule has 2 aromatic rings. The van der Waals surface area contributed by atoms with E-state index >= 15 is 0 Å². The molecule has 2 aromatic carbocycles. The molecule has 0 fully saturated rings. The van der Waals surface area contributed by atoms with Crippen LogP contribution in [-0.4, -0.2) is 12.7 Å². The molecule has 0 atom stereocenters. The van der Waals surface area contributed by atoms with Crippen LogP contribution in [0.4, 0.5) is 5.69 Å². The van der Waals surface area contributed by atoms with Crippen LogP contribution in [0.1, 0.15) is 11.1 Å². The number of benzene rings is 2. The number of halogens is 1. The second-order valence-corrected chi connectivity index (χ2v) is 7.61. The summed E-state index contributed by atoms with van der Waals surface area (Å²) in [4.78, 5) is 0.299. The molecule has 104 valence electrons. The van der Waals surface area contributed by atoms with E-state index in [1.165, 1.54) is 4.31 Å².